The maximum atomic E-state index is 8.63. The third-order valence-corrected chi connectivity index (χ3v) is 2.62. The average Bonchev–Trinajstić information content (AvgIpc) is 2.20. The molecule has 3 nitrogen and oxygen atoms in total. The van der Waals surface area contributed by atoms with Crippen LogP contribution < -0.4 is 10.6 Å². The third-order valence-electron chi connectivity index (χ3n) is 2.39. The highest BCUT2D eigenvalue weighted by atomic mass is 35.5. The van der Waals surface area contributed by atoms with Gasteiger partial charge in [0.2, 0.25) is 0 Å². The fourth-order valence-electron chi connectivity index (χ4n) is 1.61. The van der Waals surface area contributed by atoms with Crippen LogP contribution >= 0.6 is 11.6 Å². The Morgan fingerprint density at radius 2 is 2.19 bits per heavy atom. The fourth-order valence-corrected chi connectivity index (χ4v) is 1.79. The van der Waals surface area contributed by atoms with Crippen LogP contribution in [0.5, 0.6) is 0 Å². The Morgan fingerprint density at radius 1 is 1.50 bits per heavy atom. The lowest BCUT2D eigenvalue weighted by molar-refractivity contribution is 0.687. The quantitative estimate of drug-likeness (QED) is 0.819. The number of halogens is 1. The number of nitriles is 1. The van der Waals surface area contributed by atoms with Crippen molar-refractivity contribution >= 4 is 23.0 Å². The SMILES string of the molecule is CC(C)N(CCC#N)c1ccc(Cl)cc1N. The molecule has 0 aliphatic rings. The Balaban J connectivity index is 2.97. The van der Waals surface area contributed by atoms with Gasteiger partial charge in [0.15, 0.2) is 0 Å². The van der Waals surface area contributed by atoms with Gasteiger partial charge in [-0.15, -0.1) is 0 Å². The smallest absolute Gasteiger partial charge is 0.0640 e. The van der Waals surface area contributed by atoms with E-state index in [4.69, 9.17) is 22.6 Å². The maximum Gasteiger partial charge on any atom is 0.0640 e. The highest BCUT2D eigenvalue weighted by molar-refractivity contribution is 6.31. The molecule has 86 valence electrons. The first-order valence-electron chi connectivity index (χ1n) is 5.25. The van der Waals surface area contributed by atoms with Crippen molar-refractivity contribution in [2.75, 3.05) is 17.2 Å². The minimum atomic E-state index is 0.303. The van der Waals surface area contributed by atoms with Gasteiger partial charge in [-0.2, -0.15) is 5.26 Å². The van der Waals surface area contributed by atoms with Crippen molar-refractivity contribution in [3.8, 4) is 6.07 Å². The van der Waals surface area contributed by atoms with Crippen molar-refractivity contribution in [1.29, 1.82) is 5.26 Å². The monoisotopic (exact) mass is 237 g/mol. The van der Waals surface area contributed by atoms with E-state index < -0.39 is 0 Å². The second kappa shape index (κ2) is 5.62. The molecule has 16 heavy (non-hydrogen) atoms. The molecule has 0 unspecified atom stereocenters. The Bertz CT molecular complexity index is 396. The fraction of sp³-hybridized carbons (Fsp3) is 0.417. The normalized spacial score (nSPS) is 10.2. The number of benzene rings is 1. The highest BCUT2D eigenvalue weighted by Crippen LogP contribution is 2.27. The van der Waals surface area contributed by atoms with Crippen LogP contribution in [0, 0.1) is 11.3 Å². The van der Waals surface area contributed by atoms with Gasteiger partial charge >= 0.3 is 0 Å². The molecule has 0 spiro atoms. The van der Waals surface area contributed by atoms with Crippen LogP contribution in [0.1, 0.15) is 20.3 Å². The first kappa shape index (κ1) is 12.7. The summed E-state index contributed by atoms with van der Waals surface area (Å²) in [4.78, 5) is 2.11. The summed E-state index contributed by atoms with van der Waals surface area (Å²) in [5.74, 6) is 0. The second-order valence-electron chi connectivity index (χ2n) is 3.90. The molecule has 0 fully saturated rings. The lowest BCUT2D eigenvalue weighted by Gasteiger charge is -2.29. The van der Waals surface area contributed by atoms with Crippen molar-refractivity contribution in [3.63, 3.8) is 0 Å². The molecule has 0 saturated carbocycles. The van der Waals surface area contributed by atoms with Crippen molar-refractivity contribution in [1.82, 2.24) is 0 Å². The zero-order valence-electron chi connectivity index (χ0n) is 9.57. The predicted octanol–water partition coefficient (Wildman–Crippen LogP) is 3.05. The van der Waals surface area contributed by atoms with Gasteiger partial charge in [0, 0.05) is 17.6 Å². The van der Waals surface area contributed by atoms with Crippen LogP contribution in [0.4, 0.5) is 11.4 Å². The molecule has 1 rings (SSSR count). The van der Waals surface area contributed by atoms with Crippen LogP contribution in [0.25, 0.3) is 0 Å². The van der Waals surface area contributed by atoms with Crippen molar-refractivity contribution in [3.05, 3.63) is 23.2 Å². The number of anilines is 2. The van der Waals surface area contributed by atoms with E-state index in [1.54, 1.807) is 6.07 Å². The minimum absolute atomic E-state index is 0.303. The van der Waals surface area contributed by atoms with Crippen LogP contribution in [-0.4, -0.2) is 12.6 Å². The Morgan fingerprint density at radius 3 is 2.69 bits per heavy atom. The molecule has 0 amide bonds. The van der Waals surface area contributed by atoms with E-state index in [1.807, 2.05) is 12.1 Å². The lowest BCUT2D eigenvalue weighted by Crippen LogP contribution is -2.32. The molecule has 0 aromatic heterocycles. The summed E-state index contributed by atoms with van der Waals surface area (Å²) in [7, 11) is 0. The molecule has 0 bridgehead atoms. The van der Waals surface area contributed by atoms with Crippen LogP contribution in [0.2, 0.25) is 5.02 Å². The number of hydrogen-bond donors (Lipinski definition) is 1. The number of hydrogen-bond acceptors (Lipinski definition) is 3. The van der Waals surface area contributed by atoms with E-state index in [1.165, 1.54) is 0 Å². The maximum absolute atomic E-state index is 8.63. The summed E-state index contributed by atoms with van der Waals surface area (Å²) in [6.45, 7) is 4.83. The Hall–Kier alpha value is -1.40. The van der Waals surface area contributed by atoms with Gasteiger partial charge in [0.25, 0.3) is 0 Å². The van der Waals surface area contributed by atoms with Gasteiger partial charge in [-0.1, -0.05) is 11.6 Å². The molecule has 0 saturated heterocycles. The Labute approximate surface area is 101 Å². The second-order valence-corrected chi connectivity index (χ2v) is 4.33. The van der Waals surface area contributed by atoms with E-state index in [0.717, 1.165) is 5.69 Å². The van der Waals surface area contributed by atoms with E-state index in [-0.39, 0.29) is 0 Å². The molecule has 0 aliphatic carbocycles. The van der Waals surface area contributed by atoms with Gasteiger partial charge in [0.05, 0.1) is 23.9 Å². The highest BCUT2D eigenvalue weighted by Gasteiger charge is 2.12. The summed E-state index contributed by atoms with van der Waals surface area (Å²) >= 11 is 5.85. The zero-order chi connectivity index (χ0) is 12.1. The largest absolute Gasteiger partial charge is 0.397 e. The summed E-state index contributed by atoms with van der Waals surface area (Å²) < 4.78 is 0. The Kier molecular flexibility index (Phi) is 4.45. The zero-order valence-corrected chi connectivity index (χ0v) is 10.3. The molecule has 0 radical (unpaired) electrons. The van der Waals surface area contributed by atoms with Crippen molar-refractivity contribution in [2.45, 2.75) is 26.3 Å². The topological polar surface area (TPSA) is 53.0 Å². The molecule has 1 aromatic carbocycles. The number of rotatable bonds is 4. The van der Waals surface area contributed by atoms with Crippen LogP contribution in [-0.2, 0) is 0 Å². The minimum Gasteiger partial charge on any atom is -0.397 e. The van der Waals surface area contributed by atoms with Crippen molar-refractivity contribution in [2.24, 2.45) is 0 Å². The lowest BCUT2D eigenvalue weighted by atomic mass is 10.2. The molecule has 0 atom stereocenters. The number of nitrogen functional groups attached to an aromatic ring is 1. The molecule has 1 aromatic rings. The molecule has 0 heterocycles. The third kappa shape index (κ3) is 3.04. The molecular weight excluding hydrogens is 222 g/mol. The molecule has 4 heteroatoms. The van der Waals surface area contributed by atoms with Crippen LogP contribution in [0.15, 0.2) is 18.2 Å². The van der Waals surface area contributed by atoms with E-state index in [9.17, 15) is 0 Å². The summed E-state index contributed by atoms with van der Waals surface area (Å²) in [5.41, 5.74) is 7.51. The number of nitrogens with zero attached hydrogens (tertiary/aromatic N) is 2. The van der Waals surface area contributed by atoms with E-state index in [2.05, 4.69) is 24.8 Å². The van der Waals surface area contributed by atoms with Gasteiger partial charge in [0.1, 0.15) is 0 Å². The summed E-state index contributed by atoms with van der Waals surface area (Å²) in [6, 6.07) is 7.89. The summed E-state index contributed by atoms with van der Waals surface area (Å²) in [6.07, 6.45) is 0.486. The van der Waals surface area contributed by atoms with Gasteiger partial charge in [-0.3, -0.25) is 0 Å². The van der Waals surface area contributed by atoms with E-state index in [0.29, 0.717) is 29.7 Å². The molecular formula is C12H16ClN3. The van der Waals surface area contributed by atoms with Crippen LogP contribution in [0.3, 0.4) is 0 Å². The molecule has 0 aliphatic heterocycles. The average molecular weight is 238 g/mol. The standard InChI is InChI=1S/C12H16ClN3/c1-9(2)16(7-3-6-14)12-5-4-10(13)8-11(12)15/h4-5,8-9H,3,7,15H2,1-2H3. The molecule has 2 N–H and O–H groups in total. The summed E-state index contributed by atoms with van der Waals surface area (Å²) in [5, 5.41) is 9.26. The van der Waals surface area contributed by atoms with Gasteiger partial charge < -0.3 is 10.6 Å². The van der Waals surface area contributed by atoms with Crippen molar-refractivity contribution < 1.29 is 0 Å². The van der Waals surface area contributed by atoms with Gasteiger partial charge in [-0.05, 0) is 32.0 Å². The predicted molar refractivity (Wildman–Crippen MR) is 68.6 cm³/mol. The van der Waals surface area contributed by atoms with Gasteiger partial charge in [-0.25, -0.2) is 0 Å². The first-order chi connectivity index (χ1) is 7.56. The first-order valence-corrected chi connectivity index (χ1v) is 5.62. The van der Waals surface area contributed by atoms with E-state index >= 15 is 0 Å². The number of nitrogens with two attached hydrogens (primary N) is 1.